The maximum atomic E-state index is 4.72. The summed E-state index contributed by atoms with van der Waals surface area (Å²) in [6.07, 6.45) is 1.36. The van der Waals surface area contributed by atoms with Crippen molar-refractivity contribution in [2.24, 2.45) is 0 Å². The molecule has 0 unspecified atom stereocenters. The van der Waals surface area contributed by atoms with Gasteiger partial charge in [-0.05, 0) is 16.8 Å². The maximum Gasteiger partial charge on any atom is 0.213 e. The minimum Gasteiger partial charge on any atom is -0.343 e. The summed E-state index contributed by atoms with van der Waals surface area (Å²) in [6, 6.07) is 14.7. The standard InChI is InChI=1S/C13H10N2OS/c1-2-6-11-10(4-1)5-3-7-12(11)17-8-13-14-9-16-15-13/h1-7,9H,8H2. The zero-order valence-corrected chi connectivity index (χ0v) is 9.85. The van der Waals surface area contributed by atoms with Crippen LogP contribution in [0, 0.1) is 0 Å². The molecular formula is C13H10N2OS. The molecule has 0 N–H and O–H groups in total. The number of aromatic nitrogens is 2. The highest BCUT2D eigenvalue weighted by Crippen LogP contribution is 2.29. The molecule has 0 aliphatic heterocycles. The highest BCUT2D eigenvalue weighted by Gasteiger charge is 2.03. The van der Waals surface area contributed by atoms with Crippen LogP contribution in [0.15, 0.2) is 58.3 Å². The largest absolute Gasteiger partial charge is 0.343 e. The van der Waals surface area contributed by atoms with Crippen molar-refractivity contribution in [3.8, 4) is 0 Å². The molecule has 1 heterocycles. The van der Waals surface area contributed by atoms with Gasteiger partial charge in [-0.3, -0.25) is 0 Å². The highest BCUT2D eigenvalue weighted by molar-refractivity contribution is 7.98. The third kappa shape index (κ3) is 2.17. The number of rotatable bonds is 3. The molecule has 0 aliphatic rings. The molecule has 0 atom stereocenters. The lowest BCUT2D eigenvalue weighted by molar-refractivity contribution is 0.412. The molecule has 0 radical (unpaired) electrons. The van der Waals surface area contributed by atoms with E-state index < -0.39 is 0 Å². The second-order valence-electron chi connectivity index (χ2n) is 3.61. The Kier molecular flexibility index (Phi) is 2.80. The molecule has 2 aromatic carbocycles. The van der Waals surface area contributed by atoms with E-state index in [4.69, 9.17) is 4.52 Å². The molecule has 17 heavy (non-hydrogen) atoms. The number of hydrogen-bond acceptors (Lipinski definition) is 4. The summed E-state index contributed by atoms with van der Waals surface area (Å²) in [5.74, 6) is 1.45. The second-order valence-corrected chi connectivity index (χ2v) is 4.63. The summed E-state index contributed by atoms with van der Waals surface area (Å²) >= 11 is 1.72. The monoisotopic (exact) mass is 242 g/mol. The maximum absolute atomic E-state index is 4.72. The van der Waals surface area contributed by atoms with Gasteiger partial charge in [0.2, 0.25) is 6.39 Å². The number of fused-ring (bicyclic) bond motifs is 1. The summed E-state index contributed by atoms with van der Waals surface area (Å²) in [5.41, 5.74) is 0. The number of hydrogen-bond donors (Lipinski definition) is 0. The molecule has 3 aromatic rings. The Morgan fingerprint density at radius 2 is 1.94 bits per heavy atom. The van der Waals surface area contributed by atoms with Crippen molar-refractivity contribution in [1.29, 1.82) is 0 Å². The predicted molar refractivity (Wildman–Crippen MR) is 67.8 cm³/mol. The van der Waals surface area contributed by atoms with E-state index in [1.807, 2.05) is 0 Å². The fourth-order valence-corrected chi connectivity index (χ4v) is 2.65. The van der Waals surface area contributed by atoms with Gasteiger partial charge in [0, 0.05) is 4.90 Å². The Morgan fingerprint density at radius 3 is 2.82 bits per heavy atom. The van der Waals surface area contributed by atoms with Crippen LogP contribution in [0.2, 0.25) is 0 Å². The van der Waals surface area contributed by atoms with Crippen molar-refractivity contribution >= 4 is 22.5 Å². The first-order valence-corrected chi connectivity index (χ1v) is 6.28. The minimum absolute atomic E-state index is 0.725. The SMILES string of the molecule is c1ccc2c(SCc3ncon3)cccc2c1. The minimum atomic E-state index is 0.725. The van der Waals surface area contributed by atoms with E-state index in [9.17, 15) is 0 Å². The van der Waals surface area contributed by atoms with Crippen molar-refractivity contribution in [3.63, 3.8) is 0 Å². The van der Waals surface area contributed by atoms with Crippen LogP contribution in [-0.2, 0) is 5.75 Å². The van der Waals surface area contributed by atoms with Crippen LogP contribution in [-0.4, -0.2) is 10.1 Å². The van der Waals surface area contributed by atoms with Crippen molar-refractivity contribution in [3.05, 3.63) is 54.7 Å². The van der Waals surface area contributed by atoms with Gasteiger partial charge < -0.3 is 4.52 Å². The van der Waals surface area contributed by atoms with Crippen LogP contribution in [0.3, 0.4) is 0 Å². The van der Waals surface area contributed by atoms with E-state index in [1.165, 1.54) is 22.1 Å². The van der Waals surface area contributed by atoms with E-state index in [-0.39, 0.29) is 0 Å². The Labute approximate surface area is 103 Å². The topological polar surface area (TPSA) is 38.9 Å². The first kappa shape index (κ1) is 10.4. The summed E-state index contributed by atoms with van der Waals surface area (Å²) in [5, 5.41) is 6.33. The average molecular weight is 242 g/mol. The molecule has 3 nitrogen and oxygen atoms in total. The highest BCUT2D eigenvalue weighted by atomic mass is 32.2. The van der Waals surface area contributed by atoms with Crippen LogP contribution in [0.4, 0.5) is 0 Å². The molecular weight excluding hydrogens is 232 g/mol. The van der Waals surface area contributed by atoms with E-state index in [2.05, 4.69) is 52.6 Å². The Morgan fingerprint density at radius 1 is 1.06 bits per heavy atom. The number of thioether (sulfide) groups is 1. The smallest absolute Gasteiger partial charge is 0.213 e. The van der Waals surface area contributed by atoms with Crippen LogP contribution in [0.25, 0.3) is 10.8 Å². The normalized spacial score (nSPS) is 10.8. The fourth-order valence-electron chi connectivity index (χ4n) is 1.72. The second kappa shape index (κ2) is 4.59. The molecule has 84 valence electrons. The van der Waals surface area contributed by atoms with Gasteiger partial charge in [0.1, 0.15) is 0 Å². The molecule has 0 spiro atoms. The Hall–Kier alpha value is -1.81. The summed E-state index contributed by atoms with van der Waals surface area (Å²) < 4.78 is 4.72. The van der Waals surface area contributed by atoms with Gasteiger partial charge in [0.25, 0.3) is 0 Å². The van der Waals surface area contributed by atoms with Crippen molar-refractivity contribution < 1.29 is 4.52 Å². The third-order valence-corrected chi connectivity index (χ3v) is 3.58. The van der Waals surface area contributed by atoms with Gasteiger partial charge in [-0.2, -0.15) is 4.98 Å². The first-order chi connectivity index (χ1) is 8.43. The third-order valence-electron chi connectivity index (χ3n) is 2.51. The summed E-state index contributed by atoms with van der Waals surface area (Å²) in [6.45, 7) is 0. The molecule has 0 amide bonds. The Bertz CT molecular complexity index is 617. The van der Waals surface area contributed by atoms with Gasteiger partial charge in [-0.25, -0.2) is 0 Å². The lowest BCUT2D eigenvalue weighted by atomic mass is 10.1. The van der Waals surface area contributed by atoms with Gasteiger partial charge in [-0.1, -0.05) is 41.6 Å². The zero-order valence-electron chi connectivity index (χ0n) is 9.04. The molecule has 0 aliphatic carbocycles. The molecule has 0 saturated carbocycles. The predicted octanol–water partition coefficient (Wildman–Crippen LogP) is 3.52. The fraction of sp³-hybridized carbons (Fsp3) is 0.0769. The van der Waals surface area contributed by atoms with Crippen molar-refractivity contribution in [1.82, 2.24) is 10.1 Å². The van der Waals surface area contributed by atoms with E-state index in [1.54, 1.807) is 11.8 Å². The zero-order chi connectivity index (χ0) is 11.5. The van der Waals surface area contributed by atoms with Gasteiger partial charge in [-0.15, -0.1) is 11.8 Å². The lowest BCUT2D eigenvalue weighted by Crippen LogP contribution is -1.84. The van der Waals surface area contributed by atoms with Crippen LogP contribution >= 0.6 is 11.8 Å². The van der Waals surface area contributed by atoms with Crippen LogP contribution < -0.4 is 0 Å². The lowest BCUT2D eigenvalue weighted by Gasteiger charge is -2.04. The van der Waals surface area contributed by atoms with Crippen LogP contribution in [0.1, 0.15) is 5.82 Å². The van der Waals surface area contributed by atoms with Crippen LogP contribution in [0.5, 0.6) is 0 Å². The summed E-state index contributed by atoms with van der Waals surface area (Å²) in [7, 11) is 0. The number of nitrogens with zero attached hydrogens (tertiary/aromatic N) is 2. The van der Waals surface area contributed by atoms with Gasteiger partial charge >= 0.3 is 0 Å². The molecule has 0 saturated heterocycles. The molecule has 0 fully saturated rings. The van der Waals surface area contributed by atoms with Gasteiger partial charge in [0.15, 0.2) is 5.82 Å². The van der Waals surface area contributed by atoms with E-state index in [0.717, 1.165) is 11.6 Å². The van der Waals surface area contributed by atoms with E-state index in [0.29, 0.717) is 0 Å². The van der Waals surface area contributed by atoms with Gasteiger partial charge in [0.05, 0.1) is 5.75 Å². The molecule has 3 rings (SSSR count). The quantitative estimate of drug-likeness (QED) is 0.659. The number of benzene rings is 2. The molecule has 4 heteroatoms. The van der Waals surface area contributed by atoms with Crippen molar-refractivity contribution in [2.75, 3.05) is 0 Å². The molecule has 0 bridgehead atoms. The summed E-state index contributed by atoms with van der Waals surface area (Å²) in [4.78, 5) is 5.26. The average Bonchev–Trinajstić information content (AvgIpc) is 2.89. The van der Waals surface area contributed by atoms with Crippen molar-refractivity contribution in [2.45, 2.75) is 10.6 Å². The molecule has 1 aromatic heterocycles. The van der Waals surface area contributed by atoms with E-state index >= 15 is 0 Å². The first-order valence-electron chi connectivity index (χ1n) is 5.29. The Balaban J connectivity index is 1.90.